The second-order valence-electron chi connectivity index (χ2n) is 6.10. The Balaban J connectivity index is 1.93. The van der Waals surface area contributed by atoms with Gasteiger partial charge in [-0.2, -0.15) is 0 Å². The zero-order valence-electron chi connectivity index (χ0n) is 12.3. The molecule has 1 aromatic carbocycles. The quantitative estimate of drug-likeness (QED) is 0.792. The summed E-state index contributed by atoms with van der Waals surface area (Å²) in [5.74, 6) is 1.57. The van der Waals surface area contributed by atoms with Crippen molar-refractivity contribution in [1.29, 1.82) is 0 Å². The van der Waals surface area contributed by atoms with Gasteiger partial charge in [0.1, 0.15) is 11.4 Å². The van der Waals surface area contributed by atoms with Gasteiger partial charge in [-0.15, -0.1) is 0 Å². The molecule has 20 heavy (non-hydrogen) atoms. The van der Waals surface area contributed by atoms with Crippen LogP contribution in [-0.4, -0.2) is 25.1 Å². The van der Waals surface area contributed by atoms with E-state index in [9.17, 15) is 4.79 Å². The Morgan fingerprint density at radius 3 is 2.80 bits per heavy atom. The third-order valence-electron chi connectivity index (χ3n) is 4.85. The molecule has 108 valence electrons. The largest absolute Gasteiger partial charge is 0.492 e. The molecule has 2 aliphatic rings. The van der Waals surface area contributed by atoms with Gasteiger partial charge in [-0.25, -0.2) is 0 Å². The molecule has 0 saturated heterocycles. The summed E-state index contributed by atoms with van der Waals surface area (Å²) in [4.78, 5) is 13.0. The minimum atomic E-state index is -0.645. The molecule has 1 aromatic rings. The molecule has 3 rings (SSSR count). The first kappa shape index (κ1) is 13.6. The van der Waals surface area contributed by atoms with E-state index >= 15 is 0 Å². The second kappa shape index (κ2) is 5.21. The van der Waals surface area contributed by atoms with Gasteiger partial charge in [-0.05, 0) is 43.2 Å². The molecule has 0 aromatic heterocycles. The van der Waals surface area contributed by atoms with Crippen LogP contribution in [0.5, 0.6) is 5.75 Å². The molecule has 1 aliphatic heterocycles. The summed E-state index contributed by atoms with van der Waals surface area (Å²) in [6.45, 7) is 2.92. The molecule has 1 aliphatic carbocycles. The maximum atomic E-state index is 13.0. The van der Waals surface area contributed by atoms with E-state index in [2.05, 4.69) is 6.92 Å². The zero-order valence-corrected chi connectivity index (χ0v) is 12.3. The molecule has 3 heteroatoms. The molecule has 0 bridgehead atoms. The van der Waals surface area contributed by atoms with Crippen molar-refractivity contribution >= 4 is 5.78 Å². The number of rotatable bonds is 3. The predicted molar refractivity (Wildman–Crippen MR) is 77.3 cm³/mol. The first-order valence-corrected chi connectivity index (χ1v) is 7.51. The van der Waals surface area contributed by atoms with E-state index in [1.165, 1.54) is 0 Å². The fourth-order valence-electron chi connectivity index (χ4n) is 3.39. The van der Waals surface area contributed by atoms with Crippen molar-refractivity contribution in [1.82, 2.24) is 0 Å². The highest BCUT2D eigenvalue weighted by Gasteiger charge is 2.43. The van der Waals surface area contributed by atoms with Crippen LogP contribution in [-0.2, 0) is 11.2 Å². The lowest BCUT2D eigenvalue weighted by Gasteiger charge is -2.37. The van der Waals surface area contributed by atoms with Crippen LogP contribution in [0, 0.1) is 5.92 Å². The van der Waals surface area contributed by atoms with E-state index in [0.29, 0.717) is 18.1 Å². The summed E-state index contributed by atoms with van der Waals surface area (Å²) in [5, 5.41) is 0. The minimum Gasteiger partial charge on any atom is -0.492 e. The maximum Gasteiger partial charge on any atom is 0.198 e. The summed E-state index contributed by atoms with van der Waals surface area (Å²) < 4.78 is 11.4. The summed E-state index contributed by atoms with van der Waals surface area (Å²) in [7, 11) is 1.66. The van der Waals surface area contributed by atoms with E-state index in [0.717, 1.165) is 43.4 Å². The fraction of sp³-hybridized carbons (Fsp3) is 0.588. The van der Waals surface area contributed by atoms with Gasteiger partial charge in [0.05, 0.1) is 12.2 Å². The number of methoxy groups -OCH3 is 1. The summed E-state index contributed by atoms with van der Waals surface area (Å²) in [6, 6.07) is 5.88. The van der Waals surface area contributed by atoms with E-state index in [1.54, 1.807) is 7.11 Å². The Hall–Kier alpha value is -1.35. The highest BCUT2D eigenvalue weighted by molar-refractivity contribution is 6.05. The van der Waals surface area contributed by atoms with E-state index in [-0.39, 0.29) is 5.78 Å². The molecule has 0 radical (unpaired) electrons. The molecule has 1 saturated carbocycles. The van der Waals surface area contributed by atoms with E-state index in [4.69, 9.17) is 9.47 Å². The monoisotopic (exact) mass is 274 g/mol. The third-order valence-corrected chi connectivity index (χ3v) is 4.85. The molecule has 0 amide bonds. The molecule has 1 heterocycles. The highest BCUT2D eigenvalue weighted by atomic mass is 16.5. The smallest absolute Gasteiger partial charge is 0.198 e. The van der Waals surface area contributed by atoms with Crippen LogP contribution in [0.15, 0.2) is 18.2 Å². The second-order valence-corrected chi connectivity index (χ2v) is 6.10. The first-order chi connectivity index (χ1) is 9.66. The lowest BCUT2D eigenvalue weighted by atomic mass is 9.75. The lowest BCUT2D eigenvalue weighted by Crippen LogP contribution is -2.44. The van der Waals surface area contributed by atoms with Crippen molar-refractivity contribution in [3.05, 3.63) is 29.3 Å². The lowest BCUT2D eigenvalue weighted by molar-refractivity contribution is -0.0264. The standard InChI is InChI=1S/C17H22O3/c1-12-6-9-17(19-2,10-7-12)16(18)14-5-3-4-13-8-11-20-15(13)14/h3-5,12H,6-11H2,1-2H3. The third kappa shape index (κ3) is 2.14. The van der Waals surface area contributed by atoms with Crippen LogP contribution >= 0.6 is 0 Å². The van der Waals surface area contributed by atoms with Crippen molar-refractivity contribution < 1.29 is 14.3 Å². The number of carbonyl (C=O) groups is 1. The van der Waals surface area contributed by atoms with Crippen molar-refractivity contribution in [3.63, 3.8) is 0 Å². The van der Waals surface area contributed by atoms with Crippen molar-refractivity contribution in [2.45, 2.75) is 44.6 Å². The van der Waals surface area contributed by atoms with Crippen LogP contribution in [0.1, 0.15) is 48.5 Å². The number of hydrogen-bond acceptors (Lipinski definition) is 3. The Morgan fingerprint density at radius 1 is 1.35 bits per heavy atom. The average molecular weight is 274 g/mol. The number of fused-ring (bicyclic) bond motifs is 1. The Morgan fingerprint density at radius 2 is 2.10 bits per heavy atom. The van der Waals surface area contributed by atoms with Crippen molar-refractivity contribution in [2.24, 2.45) is 5.92 Å². The number of para-hydroxylation sites is 1. The van der Waals surface area contributed by atoms with Gasteiger partial charge >= 0.3 is 0 Å². The van der Waals surface area contributed by atoms with Crippen LogP contribution in [0.2, 0.25) is 0 Å². The molecule has 0 N–H and O–H groups in total. The van der Waals surface area contributed by atoms with Gasteiger partial charge < -0.3 is 9.47 Å². The first-order valence-electron chi connectivity index (χ1n) is 7.51. The summed E-state index contributed by atoms with van der Waals surface area (Å²) in [6.07, 6.45) is 4.62. The van der Waals surface area contributed by atoms with Crippen LogP contribution in [0.25, 0.3) is 0 Å². The number of benzene rings is 1. The molecule has 1 fully saturated rings. The Bertz CT molecular complexity index is 513. The van der Waals surface area contributed by atoms with Gasteiger partial charge in [0.25, 0.3) is 0 Å². The van der Waals surface area contributed by atoms with E-state index in [1.807, 2.05) is 18.2 Å². The van der Waals surface area contributed by atoms with Crippen molar-refractivity contribution in [3.8, 4) is 5.75 Å². The van der Waals surface area contributed by atoms with E-state index < -0.39 is 5.60 Å². The van der Waals surface area contributed by atoms with Gasteiger partial charge in [-0.1, -0.05) is 19.1 Å². The molecular formula is C17H22O3. The summed E-state index contributed by atoms with van der Waals surface area (Å²) in [5.41, 5.74) is 1.20. The highest BCUT2D eigenvalue weighted by Crippen LogP contribution is 2.40. The van der Waals surface area contributed by atoms with Crippen LogP contribution < -0.4 is 4.74 Å². The van der Waals surface area contributed by atoms with Crippen LogP contribution in [0.4, 0.5) is 0 Å². The molecular weight excluding hydrogens is 252 g/mol. The predicted octanol–water partition coefficient (Wildman–Crippen LogP) is 3.40. The number of ketones is 1. The summed E-state index contributed by atoms with van der Waals surface area (Å²) >= 11 is 0. The molecule has 0 atom stereocenters. The molecule has 0 unspecified atom stereocenters. The van der Waals surface area contributed by atoms with Crippen molar-refractivity contribution in [2.75, 3.05) is 13.7 Å². The van der Waals surface area contributed by atoms with Gasteiger partial charge in [0.15, 0.2) is 5.78 Å². The normalized spacial score (nSPS) is 28.8. The van der Waals surface area contributed by atoms with Gasteiger partial charge in [0, 0.05) is 13.5 Å². The van der Waals surface area contributed by atoms with Gasteiger partial charge in [-0.3, -0.25) is 4.79 Å². The number of hydrogen-bond donors (Lipinski definition) is 0. The number of ether oxygens (including phenoxy) is 2. The topological polar surface area (TPSA) is 35.5 Å². The SMILES string of the molecule is COC1(C(=O)c2cccc3c2OCC3)CCC(C)CC1. The molecule has 3 nitrogen and oxygen atoms in total. The number of Topliss-reactive ketones (excluding diaryl/α,β-unsaturated/α-hetero) is 1. The van der Waals surface area contributed by atoms with Crippen LogP contribution in [0.3, 0.4) is 0 Å². The van der Waals surface area contributed by atoms with Gasteiger partial charge in [0.2, 0.25) is 0 Å². The fourth-order valence-corrected chi connectivity index (χ4v) is 3.39. The Kier molecular flexibility index (Phi) is 3.55. The maximum absolute atomic E-state index is 13.0. The number of carbonyl (C=O) groups excluding carboxylic acids is 1. The minimum absolute atomic E-state index is 0.102. The zero-order chi connectivity index (χ0) is 14.2. The molecule has 0 spiro atoms. The Labute approximate surface area is 120 Å². The average Bonchev–Trinajstić information content (AvgIpc) is 2.96.